The Bertz CT molecular complexity index is 318. The number of ether oxygens (including phenoxy) is 1. The van der Waals surface area contributed by atoms with Crippen molar-refractivity contribution < 1.29 is 74.6 Å². The molecule has 13 heteroatoms. The summed E-state index contributed by atoms with van der Waals surface area (Å²) in [7, 11) is -4.92. The van der Waals surface area contributed by atoms with Crippen LogP contribution >= 0.6 is 0 Å². The van der Waals surface area contributed by atoms with Gasteiger partial charge in [0.05, 0.1) is 12.6 Å². The first-order chi connectivity index (χ1) is 7.57. The fourth-order valence-corrected chi connectivity index (χ4v) is 1.12. The topological polar surface area (TPSA) is 194 Å². The molecule has 1 rings (SSSR count). The summed E-state index contributed by atoms with van der Waals surface area (Å²) in [6.07, 6.45) is -4.85. The zero-order valence-electron chi connectivity index (χ0n) is 9.53. The normalized spacial score (nSPS) is 34.2. The number of halogens is 1. The molecule has 19 heavy (non-hydrogen) atoms. The van der Waals surface area contributed by atoms with E-state index in [4.69, 9.17) is 38.2 Å². The van der Waals surface area contributed by atoms with Gasteiger partial charge >= 0.3 is 19.5 Å². The Labute approximate surface area is 128 Å². The third-order valence-corrected chi connectivity index (χ3v) is 1.95. The average molecular weight is 377 g/mol. The largest absolute Gasteiger partial charge is 2.00 e. The van der Waals surface area contributed by atoms with Crippen molar-refractivity contribution in [1.29, 1.82) is 0 Å². The van der Waals surface area contributed by atoms with Gasteiger partial charge in [-0.3, -0.25) is 4.55 Å². The molecule has 10 nitrogen and oxygen atoms in total. The van der Waals surface area contributed by atoms with Crippen LogP contribution in [0.2, 0.25) is 0 Å². The van der Waals surface area contributed by atoms with E-state index in [0.29, 0.717) is 0 Å². The SMILES string of the molecule is N[C@H]1C(O)O[C@H](CO)[C@@H](O)[C@@H]1O.O=S(=O)([O-])O.[Cl-].[Zn+2]. The van der Waals surface area contributed by atoms with Crippen LogP contribution in [-0.2, 0) is 34.6 Å². The van der Waals surface area contributed by atoms with Crippen molar-refractivity contribution >= 4 is 10.4 Å². The van der Waals surface area contributed by atoms with Crippen molar-refractivity contribution in [3.05, 3.63) is 0 Å². The zero-order valence-corrected chi connectivity index (χ0v) is 14.1. The Morgan fingerprint density at radius 3 is 1.89 bits per heavy atom. The molecule has 1 saturated heterocycles. The number of hydrogen-bond acceptors (Lipinski definition) is 9. The minimum atomic E-state index is -4.92. The molecule has 1 unspecified atom stereocenters. The maximum absolute atomic E-state index is 9.20. The van der Waals surface area contributed by atoms with Gasteiger partial charge in [-0.25, -0.2) is 8.42 Å². The van der Waals surface area contributed by atoms with Crippen LogP contribution in [-0.4, -0.2) is 75.2 Å². The van der Waals surface area contributed by atoms with Crippen LogP contribution in [0.15, 0.2) is 0 Å². The molecule has 0 spiro atoms. The first kappa shape index (κ1) is 24.6. The molecule has 1 aliphatic heterocycles. The Kier molecular flexibility index (Phi) is 13.3. The quantitative estimate of drug-likeness (QED) is 0.145. The van der Waals surface area contributed by atoms with Gasteiger partial charge < -0.3 is 47.9 Å². The Hall–Kier alpha value is 0.543. The molecule has 0 aromatic heterocycles. The summed E-state index contributed by atoms with van der Waals surface area (Å²) in [5.74, 6) is 0. The maximum atomic E-state index is 9.20. The van der Waals surface area contributed by atoms with Crippen molar-refractivity contribution in [2.24, 2.45) is 5.73 Å². The van der Waals surface area contributed by atoms with Crippen molar-refractivity contribution in [3.63, 3.8) is 0 Å². The second-order valence-corrected chi connectivity index (χ2v) is 4.09. The van der Waals surface area contributed by atoms with Crippen LogP contribution < -0.4 is 18.1 Å². The molecule has 0 radical (unpaired) electrons. The number of hydrogen-bond donors (Lipinski definition) is 6. The molecule has 5 atom stereocenters. The van der Waals surface area contributed by atoms with E-state index in [9.17, 15) is 10.2 Å². The Morgan fingerprint density at radius 2 is 1.58 bits per heavy atom. The summed E-state index contributed by atoms with van der Waals surface area (Å²) in [4.78, 5) is 0. The van der Waals surface area contributed by atoms with Crippen LogP contribution in [0.5, 0.6) is 0 Å². The first-order valence-corrected chi connectivity index (χ1v) is 5.68. The molecule has 1 heterocycles. The number of rotatable bonds is 1. The molecular formula is C6H14ClNO9SZn. The molecule has 112 valence electrons. The van der Waals surface area contributed by atoms with E-state index < -0.39 is 47.6 Å². The van der Waals surface area contributed by atoms with Gasteiger partial charge in [-0.15, -0.1) is 0 Å². The average Bonchev–Trinajstić information content (AvgIpc) is 2.18. The molecule has 0 saturated carbocycles. The molecule has 1 fully saturated rings. The maximum Gasteiger partial charge on any atom is 2.00 e. The predicted octanol–water partition coefficient (Wildman–Crippen LogP) is -7.25. The van der Waals surface area contributed by atoms with Gasteiger partial charge in [0.25, 0.3) is 0 Å². The molecule has 0 aromatic carbocycles. The van der Waals surface area contributed by atoms with Gasteiger partial charge in [0.15, 0.2) is 6.29 Å². The summed E-state index contributed by atoms with van der Waals surface area (Å²) < 4.78 is 37.5. The van der Waals surface area contributed by atoms with Crippen molar-refractivity contribution in [1.82, 2.24) is 0 Å². The second kappa shape index (κ2) is 10.3. The van der Waals surface area contributed by atoms with Gasteiger partial charge in [0.1, 0.15) is 18.3 Å². The van der Waals surface area contributed by atoms with Crippen LogP contribution in [0.1, 0.15) is 0 Å². The predicted molar refractivity (Wildman–Crippen MR) is 50.3 cm³/mol. The van der Waals surface area contributed by atoms with Gasteiger partial charge in [0, 0.05) is 0 Å². The van der Waals surface area contributed by atoms with E-state index in [1.54, 1.807) is 0 Å². The van der Waals surface area contributed by atoms with Crippen LogP contribution in [0, 0.1) is 0 Å². The van der Waals surface area contributed by atoms with Gasteiger partial charge in [-0.05, 0) is 0 Å². The van der Waals surface area contributed by atoms with Gasteiger partial charge in [-0.2, -0.15) is 0 Å². The van der Waals surface area contributed by atoms with E-state index in [-0.39, 0.29) is 31.9 Å². The first-order valence-electron chi connectivity index (χ1n) is 4.32. The molecule has 0 aliphatic carbocycles. The summed E-state index contributed by atoms with van der Waals surface area (Å²) in [6, 6.07) is -1.04. The third-order valence-electron chi connectivity index (χ3n) is 1.95. The van der Waals surface area contributed by atoms with Crippen LogP contribution in [0.4, 0.5) is 0 Å². The van der Waals surface area contributed by atoms with E-state index in [2.05, 4.69) is 0 Å². The summed E-state index contributed by atoms with van der Waals surface area (Å²) in [5.41, 5.74) is 5.26. The third kappa shape index (κ3) is 9.99. The molecule has 0 aromatic rings. The minimum absolute atomic E-state index is 0. The van der Waals surface area contributed by atoms with Crippen molar-refractivity contribution in [2.75, 3.05) is 6.61 Å². The van der Waals surface area contributed by atoms with E-state index >= 15 is 0 Å². The fraction of sp³-hybridized carbons (Fsp3) is 1.00. The van der Waals surface area contributed by atoms with E-state index in [1.807, 2.05) is 0 Å². The summed E-state index contributed by atoms with van der Waals surface area (Å²) >= 11 is 0. The molecule has 1 aliphatic rings. The number of aliphatic hydroxyl groups excluding tert-OH is 4. The van der Waals surface area contributed by atoms with Crippen LogP contribution in [0.25, 0.3) is 0 Å². The molecular weight excluding hydrogens is 363 g/mol. The van der Waals surface area contributed by atoms with Crippen LogP contribution in [0.3, 0.4) is 0 Å². The Morgan fingerprint density at radius 1 is 1.21 bits per heavy atom. The second-order valence-electron chi connectivity index (χ2n) is 3.23. The fourth-order valence-electron chi connectivity index (χ4n) is 1.12. The number of aliphatic hydroxyl groups is 4. The summed E-state index contributed by atoms with van der Waals surface area (Å²) in [5, 5.41) is 36.1. The van der Waals surface area contributed by atoms with E-state index in [0.717, 1.165) is 0 Å². The van der Waals surface area contributed by atoms with Gasteiger partial charge in [0.2, 0.25) is 10.4 Å². The summed E-state index contributed by atoms with van der Waals surface area (Å²) in [6.45, 7) is -0.470. The smallest absolute Gasteiger partial charge is 1.00 e. The van der Waals surface area contributed by atoms with Crippen molar-refractivity contribution in [2.45, 2.75) is 30.6 Å². The van der Waals surface area contributed by atoms with E-state index in [1.165, 1.54) is 0 Å². The molecule has 0 amide bonds. The standard InChI is InChI=1S/C6H13NO5.ClH.H2O4S.Zn/c7-3-5(10)4(9)2(1-8)12-6(3)11;;1-5(2,3)4;/h2-6,8-11H,1,7H2;1H;(H2,1,2,3,4);/q;;;+2/p-2/t2-,3-,4-,5-,6?;;;/m1.../s1. The van der Waals surface area contributed by atoms with Crippen molar-refractivity contribution in [3.8, 4) is 0 Å². The minimum Gasteiger partial charge on any atom is -1.00 e. The molecule has 0 bridgehead atoms. The number of nitrogens with two attached hydrogens (primary N) is 1. The Balaban J connectivity index is -0.000000320. The van der Waals surface area contributed by atoms with Gasteiger partial charge in [-0.1, -0.05) is 0 Å². The monoisotopic (exact) mass is 375 g/mol. The molecule has 7 N–H and O–H groups in total. The zero-order chi connectivity index (χ0) is 13.8.